The molecule has 0 aliphatic rings. The molecule has 0 aliphatic heterocycles. The fraction of sp³-hybridized carbons (Fsp3) is 0.100. The SMILES string of the molecule is NC(=O)c1cc(-c2cccnc2[C@H](Cc2cc(F)cc(F)c2)NC(=O)Cn2cc(-n3cccn3)ccc2=O)ccc1F. The van der Waals surface area contributed by atoms with Crippen LogP contribution in [-0.2, 0) is 17.8 Å². The van der Waals surface area contributed by atoms with Crippen LogP contribution in [0.4, 0.5) is 13.2 Å². The van der Waals surface area contributed by atoms with E-state index in [-0.39, 0.29) is 29.8 Å². The van der Waals surface area contributed by atoms with E-state index >= 15 is 0 Å². The zero-order chi connectivity index (χ0) is 29.8. The van der Waals surface area contributed by atoms with Gasteiger partial charge in [0.25, 0.3) is 11.5 Å². The number of hydrogen-bond donors (Lipinski definition) is 2. The highest BCUT2D eigenvalue weighted by Gasteiger charge is 2.23. The number of nitrogens with one attached hydrogen (secondary N) is 1. The Morgan fingerprint density at radius 1 is 0.952 bits per heavy atom. The first-order valence-electron chi connectivity index (χ1n) is 12.7. The van der Waals surface area contributed by atoms with Crippen molar-refractivity contribution in [3.63, 3.8) is 0 Å². The van der Waals surface area contributed by atoms with E-state index in [2.05, 4.69) is 15.4 Å². The molecule has 5 aromatic rings. The minimum atomic E-state index is -0.970. The monoisotopic (exact) mass is 572 g/mol. The van der Waals surface area contributed by atoms with Crippen molar-refractivity contribution in [2.75, 3.05) is 0 Å². The molecule has 1 atom stereocenters. The summed E-state index contributed by atoms with van der Waals surface area (Å²) in [5.41, 5.74) is 6.39. The summed E-state index contributed by atoms with van der Waals surface area (Å²) in [5.74, 6) is -3.97. The van der Waals surface area contributed by atoms with Crippen molar-refractivity contribution in [3.05, 3.63) is 136 Å². The highest BCUT2D eigenvalue weighted by molar-refractivity contribution is 5.94. The van der Waals surface area contributed by atoms with Gasteiger partial charge in [0.15, 0.2) is 0 Å². The molecule has 9 nitrogen and oxygen atoms in total. The van der Waals surface area contributed by atoms with Crippen LogP contribution >= 0.6 is 0 Å². The van der Waals surface area contributed by atoms with Crippen LogP contribution in [0.5, 0.6) is 0 Å². The predicted molar refractivity (Wildman–Crippen MR) is 147 cm³/mol. The highest BCUT2D eigenvalue weighted by atomic mass is 19.1. The molecule has 42 heavy (non-hydrogen) atoms. The summed E-state index contributed by atoms with van der Waals surface area (Å²) in [6.07, 6.45) is 6.10. The number of carbonyl (C=O) groups is 2. The van der Waals surface area contributed by atoms with Crippen LogP contribution in [0.15, 0.2) is 96.3 Å². The predicted octanol–water partition coefficient (Wildman–Crippen LogP) is 3.71. The van der Waals surface area contributed by atoms with Crippen LogP contribution in [-0.4, -0.2) is 31.1 Å². The molecule has 12 heteroatoms. The van der Waals surface area contributed by atoms with Gasteiger partial charge in [-0.25, -0.2) is 17.9 Å². The number of halogens is 3. The van der Waals surface area contributed by atoms with Crippen LogP contribution in [0.25, 0.3) is 16.8 Å². The van der Waals surface area contributed by atoms with Crippen LogP contribution in [0.1, 0.15) is 27.7 Å². The van der Waals surface area contributed by atoms with Crippen molar-refractivity contribution in [1.29, 1.82) is 0 Å². The highest BCUT2D eigenvalue weighted by Crippen LogP contribution is 2.30. The van der Waals surface area contributed by atoms with E-state index in [1.807, 2.05) is 0 Å². The molecular formula is C30H23F3N6O3. The van der Waals surface area contributed by atoms with Gasteiger partial charge < -0.3 is 15.6 Å². The van der Waals surface area contributed by atoms with Crippen LogP contribution in [0, 0.1) is 17.5 Å². The molecule has 0 bridgehead atoms. The van der Waals surface area contributed by atoms with Crippen LogP contribution in [0.2, 0.25) is 0 Å². The molecule has 3 heterocycles. The first-order chi connectivity index (χ1) is 20.2. The quantitative estimate of drug-likeness (QED) is 0.279. The van der Waals surface area contributed by atoms with E-state index in [1.165, 1.54) is 39.8 Å². The molecule has 3 N–H and O–H groups in total. The maximum atomic E-state index is 14.2. The van der Waals surface area contributed by atoms with Crippen molar-refractivity contribution >= 4 is 11.8 Å². The minimum absolute atomic E-state index is 0.0868. The van der Waals surface area contributed by atoms with Gasteiger partial charge in [0.2, 0.25) is 5.91 Å². The lowest BCUT2D eigenvalue weighted by Gasteiger charge is -2.22. The zero-order valence-corrected chi connectivity index (χ0v) is 21.9. The molecular weight excluding hydrogens is 549 g/mol. The number of carbonyl (C=O) groups excluding carboxylic acids is 2. The van der Waals surface area contributed by atoms with Gasteiger partial charge in [-0.05, 0) is 60.0 Å². The number of benzene rings is 2. The van der Waals surface area contributed by atoms with Gasteiger partial charge in [0.05, 0.1) is 23.0 Å². The molecule has 2 aromatic carbocycles. The Morgan fingerprint density at radius 2 is 1.74 bits per heavy atom. The van der Waals surface area contributed by atoms with Gasteiger partial charge in [-0.15, -0.1) is 0 Å². The summed E-state index contributed by atoms with van der Waals surface area (Å²) in [4.78, 5) is 42.1. The second kappa shape index (κ2) is 11.9. The summed E-state index contributed by atoms with van der Waals surface area (Å²) >= 11 is 0. The molecule has 3 aromatic heterocycles. The third-order valence-electron chi connectivity index (χ3n) is 6.46. The molecule has 5 rings (SSSR count). The number of hydrogen-bond acceptors (Lipinski definition) is 5. The van der Waals surface area contributed by atoms with Gasteiger partial charge >= 0.3 is 0 Å². The summed E-state index contributed by atoms with van der Waals surface area (Å²) in [6.45, 7) is -0.382. The van der Waals surface area contributed by atoms with E-state index in [4.69, 9.17) is 5.73 Å². The fourth-order valence-corrected chi connectivity index (χ4v) is 4.60. The second-order valence-electron chi connectivity index (χ2n) is 9.40. The zero-order valence-electron chi connectivity index (χ0n) is 21.9. The average Bonchev–Trinajstić information content (AvgIpc) is 3.49. The van der Waals surface area contributed by atoms with Gasteiger partial charge in [-0.2, -0.15) is 5.10 Å². The van der Waals surface area contributed by atoms with Crippen LogP contribution < -0.4 is 16.6 Å². The molecule has 2 amide bonds. The molecule has 0 fully saturated rings. The first-order valence-corrected chi connectivity index (χ1v) is 12.7. The number of aromatic nitrogens is 4. The Hall–Kier alpha value is -5.52. The summed E-state index contributed by atoms with van der Waals surface area (Å²) in [5, 5.41) is 6.94. The van der Waals surface area contributed by atoms with Gasteiger partial charge in [0.1, 0.15) is 24.0 Å². The molecule has 0 saturated carbocycles. The van der Waals surface area contributed by atoms with Gasteiger partial charge in [-0.1, -0.05) is 12.1 Å². The maximum Gasteiger partial charge on any atom is 0.251 e. The summed E-state index contributed by atoms with van der Waals surface area (Å²) in [7, 11) is 0. The smallest absolute Gasteiger partial charge is 0.251 e. The lowest BCUT2D eigenvalue weighted by molar-refractivity contribution is -0.122. The molecule has 0 saturated heterocycles. The first kappa shape index (κ1) is 28.0. The second-order valence-corrected chi connectivity index (χ2v) is 9.40. The fourth-order valence-electron chi connectivity index (χ4n) is 4.60. The molecule has 0 radical (unpaired) electrons. The van der Waals surface area contributed by atoms with Crippen molar-refractivity contribution in [1.82, 2.24) is 24.6 Å². The Morgan fingerprint density at radius 3 is 2.45 bits per heavy atom. The number of nitrogens with two attached hydrogens (primary N) is 1. The number of primary amides is 1. The van der Waals surface area contributed by atoms with Crippen molar-refractivity contribution in [2.45, 2.75) is 19.0 Å². The van der Waals surface area contributed by atoms with E-state index < -0.39 is 40.9 Å². The van der Waals surface area contributed by atoms with Gasteiger partial charge in [0, 0.05) is 42.5 Å². The topological polar surface area (TPSA) is 125 Å². The van der Waals surface area contributed by atoms with E-state index in [0.29, 0.717) is 16.8 Å². The number of amides is 2. The molecule has 212 valence electrons. The normalized spacial score (nSPS) is 11.7. The molecule has 0 spiro atoms. The molecule has 0 unspecified atom stereocenters. The van der Waals surface area contributed by atoms with Crippen molar-refractivity contribution < 1.29 is 22.8 Å². The van der Waals surface area contributed by atoms with E-state index in [1.54, 1.807) is 36.7 Å². The van der Waals surface area contributed by atoms with Gasteiger partial charge in [-0.3, -0.25) is 19.4 Å². The number of nitrogens with zero attached hydrogens (tertiary/aromatic N) is 4. The largest absolute Gasteiger partial charge is 0.366 e. The summed E-state index contributed by atoms with van der Waals surface area (Å²) < 4.78 is 45.1. The average molecular weight is 573 g/mol. The van der Waals surface area contributed by atoms with E-state index in [9.17, 15) is 27.6 Å². The Labute approximate surface area is 237 Å². The standard InChI is InChI=1S/C30H23F3N6O3/c31-20-11-18(12-21(32)15-20)13-26(29-23(3-1-8-35-29)19-4-6-25(33)24(14-19)30(34)42)37-27(40)17-38-16-22(5-7-28(38)41)39-10-2-9-36-39/h1-12,14-16,26H,13,17H2,(H2,34,42)(H,37,40)/t26-/m0/s1. The molecule has 0 aliphatic carbocycles. The third kappa shape index (κ3) is 6.28. The summed E-state index contributed by atoms with van der Waals surface area (Å²) in [6, 6.07) is 13.6. The number of rotatable bonds is 9. The maximum absolute atomic E-state index is 14.2. The minimum Gasteiger partial charge on any atom is -0.366 e. The Kier molecular flexibility index (Phi) is 7.96. The van der Waals surface area contributed by atoms with Crippen molar-refractivity contribution in [3.8, 4) is 16.8 Å². The Bertz CT molecular complexity index is 1820. The third-order valence-corrected chi connectivity index (χ3v) is 6.46. The van der Waals surface area contributed by atoms with Crippen molar-refractivity contribution in [2.24, 2.45) is 5.73 Å². The lowest BCUT2D eigenvalue weighted by Crippen LogP contribution is -2.36. The number of pyridine rings is 2. The van der Waals surface area contributed by atoms with Crippen LogP contribution in [0.3, 0.4) is 0 Å². The lowest BCUT2D eigenvalue weighted by atomic mass is 9.94. The van der Waals surface area contributed by atoms with E-state index in [0.717, 1.165) is 24.3 Å². The Balaban J connectivity index is 1.52.